The predicted octanol–water partition coefficient (Wildman–Crippen LogP) is 0.491. The molecule has 3 aromatic rings. The van der Waals surface area contributed by atoms with Crippen molar-refractivity contribution in [3.05, 3.63) is 23.3 Å². The first kappa shape index (κ1) is 24.2. The van der Waals surface area contributed by atoms with E-state index >= 15 is 0 Å². The van der Waals surface area contributed by atoms with Crippen LogP contribution in [0.15, 0.2) is 18.5 Å². The van der Waals surface area contributed by atoms with E-state index in [0.717, 1.165) is 35.7 Å². The number of fused-ring (bicyclic) bond motifs is 1. The monoisotopic (exact) mass is 519 g/mol. The Kier molecular flexibility index (Phi) is 6.83. The SMILES string of the molecule is CN(C)S(=O)(=O)N1CCN(Cc2cc3nc(-c4cnc(N)nc4)nc(N4CCOCC4)c3s2)CC1. The Labute approximate surface area is 208 Å². The van der Waals surface area contributed by atoms with Crippen molar-refractivity contribution in [2.24, 2.45) is 0 Å². The Morgan fingerprint density at radius 1 is 1.06 bits per heavy atom. The molecule has 0 aromatic carbocycles. The molecule has 5 heterocycles. The molecule has 0 atom stereocenters. The second-order valence-corrected chi connectivity index (χ2v) is 12.0. The Morgan fingerprint density at radius 2 is 1.74 bits per heavy atom. The average Bonchev–Trinajstić information content (AvgIpc) is 3.27. The lowest BCUT2D eigenvalue weighted by atomic mass is 10.3. The second kappa shape index (κ2) is 9.87. The van der Waals surface area contributed by atoms with Gasteiger partial charge in [0.05, 0.1) is 29.0 Å². The van der Waals surface area contributed by atoms with Gasteiger partial charge in [-0.25, -0.2) is 19.9 Å². The fourth-order valence-corrected chi connectivity index (χ4v) is 6.43. The molecule has 2 fully saturated rings. The highest BCUT2D eigenvalue weighted by Gasteiger charge is 2.29. The standard InChI is InChI=1S/C21H29N9O3S2/c1-27(2)35(31,32)30-5-3-28(4-6-30)14-16-11-17-18(34-16)20(29-7-9-33-10-8-29)26-19(25-17)15-12-23-21(22)24-13-15/h11-13H,3-10,14H2,1-2H3,(H2,22,23,24). The molecule has 2 N–H and O–H groups in total. The summed E-state index contributed by atoms with van der Waals surface area (Å²) in [7, 11) is -0.246. The molecule has 0 aliphatic carbocycles. The van der Waals surface area contributed by atoms with Gasteiger partial charge in [0.1, 0.15) is 0 Å². The lowest BCUT2D eigenvalue weighted by Gasteiger charge is -2.34. The van der Waals surface area contributed by atoms with Crippen molar-refractivity contribution in [3.63, 3.8) is 0 Å². The van der Waals surface area contributed by atoms with E-state index in [-0.39, 0.29) is 5.95 Å². The summed E-state index contributed by atoms with van der Waals surface area (Å²) < 4.78 is 34.2. The van der Waals surface area contributed by atoms with Crippen molar-refractivity contribution in [3.8, 4) is 11.4 Å². The van der Waals surface area contributed by atoms with Crippen LogP contribution in [0.3, 0.4) is 0 Å². The smallest absolute Gasteiger partial charge is 0.281 e. The number of nitrogens with two attached hydrogens (primary N) is 1. The van der Waals surface area contributed by atoms with Gasteiger partial charge >= 0.3 is 0 Å². The van der Waals surface area contributed by atoms with Gasteiger partial charge in [-0.2, -0.15) is 17.0 Å². The van der Waals surface area contributed by atoms with Crippen molar-refractivity contribution >= 4 is 43.5 Å². The van der Waals surface area contributed by atoms with Gasteiger partial charge in [0.15, 0.2) is 11.6 Å². The van der Waals surface area contributed by atoms with E-state index in [1.807, 2.05) is 0 Å². The number of ether oxygens (including phenoxy) is 1. The van der Waals surface area contributed by atoms with Crippen LogP contribution in [0.4, 0.5) is 11.8 Å². The number of nitrogen functional groups attached to an aromatic ring is 1. The number of aromatic nitrogens is 4. The molecular formula is C21H29N9O3S2. The van der Waals surface area contributed by atoms with Gasteiger partial charge in [0.2, 0.25) is 5.95 Å². The quantitative estimate of drug-likeness (QED) is 0.490. The molecule has 0 radical (unpaired) electrons. The summed E-state index contributed by atoms with van der Waals surface area (Å²) in [6, 6.07) is 2.11. The molecule has 188 valence electrons. The van der Waals surface area contributed by atoms with E-state index in [1.165, 1.54) is 13.5 Å². The van der Waals surface area contributed by atoms with Gasteiger partial charge in [0, 0.05) is 77.2 Å². The highest BCUT2D eigenvalue weighted by molar-refractivity contribution is 7.86. The third kappa shape index (κ3) is 5.08. The van der Waals surface area contributed by atoms with Gasteiger partial charge in [-0.15, -0.1) is 11.3 Å². The van der Waals surface area contributed by atoms with Crippen molar-refractivity contribution < 1.29 is 13.2 Å². The molecule has 12 nitrogen and oxygen atoms in total. The Bertz CT molecular complexity index is 1280. The topological polar surface area (TPSA) is 134 Å². The minimum atomic E-state index is -3.38. The predicted molar refractivity (Wildman–Crippen MR) is 135 cm³/mol. The number of thiophene rings is 1. The lowest BCUT2D eigenvalue weighted by molar-refractivity contribution is 0.122. The van der Waals surface area contributed by atoms with E-state index in [0.29, 0.717) is 50.8 Å². The molecule has 2 aliphatic rings. The minimum Gasteiger partial charge on any atom is -0.378 e. The first-order chi connectivity index (χ1) is 16.8. The number of rotatable bonds is 6. The first-order valence-electron chi connectivity index (χ1n) is 11.4. The normalized spacial score (nSPS) is 18.5. The number of piperazine rings is 1. The molecule has 14 heteroatoms. The molecular weight excluding hydrogens is 490 g/mol. The molecule has 5 rings (SSSR count). The molecule has 2 saturated heterocycles. The number of morpholine rings is 1. The van der Waals surface area contributed by atoms with Crippen LogP contribution >= 0.6 is 11.3 Å². The van der Waals surface area contributed by atoms with Crippen LogP contribution in [0, 0.1) is 0 Å². The van der Waals surface area contributed by atoms with E-state index in [1.54, 1.807) is 37.8 Å². The second-order valence-electron chi connectivity index (χ2n) is 8.69. The Morgan fingerprint density at radius 3 is 2.40 bits per heavy atom. The summed E-state index contributed by atoms with van der Waals surface area (Å²) in [4.78, 5) is 23.6. The molecule has 3 aromatic heterocycles. The van der Waals surface area contributed by atoms with Crippen LogP contribution in [-0.4, -0.2) is 108 Å². The Hall–Kier alpha value is -2.49. The molecule has 0 spiro atoms. The summed E-state index contributed by atoms with van der Waals surface area (Å²) >= 11 is 1.69. The van der Waals surface area contributed by atoms with Crippen LogP contribution in [0.2, 0.25) is 0 Å². The summed E-state index contributed by atoms with van der Waals surface area (Å²) in [6.07, 6.45) is 3.28. The molecule has 0 saturated carbocycles. The maximum absolute atomic E-state index is 12.4. The average molecular weight is 520 g/mol. The number of hydrogen-bond acceptors (Lipinski definition) is 11. The van der Waals surface area contributed by atoms with Crippen molar-refractivity contribution in [1.82, 2.24) is 33.4 Å². The summed E-state index contributed by atoms with van der Waals surface area (Å²) in [5.41, 5.74) is 7.24. The number of hydrogen-bond donors (Lipinski definition) is 1. The van der Waals surface area contributed by atoms with Gasteiger partial charge in [-0.05, 0) is 6.07 Å². The highest BCUT2D eigenvalue weighted by atomic mass is 32.2. The lowest BCUT2D eigenvalue weighted by Crippen LogP contribution is -2.51. The van der Waals surface area contributed by atoms with Crippen molar-refractivity contribution in [1.29, 1.82) is 0 Å². The van der Waals surface area contributed by atoms with Crippen LogP contribution in [0.1, 0.15) is 4.88 Å². The van der Waals surface area contributed by atoms with Gasteiger partial charge in [-0.3, -0.25) is 4.90 Å². The zero-order valence-electron chi connectivity index (χ0n) is 19.8. The fraction of sp³-hybridized carbons (Fsp3) is 0.524. The zero-order chi connectivity index (χ0) is 24.6. The molecule has 0 bridgehead atoms. The molecule has 35 heavy (non-hydrogen) atoms. The number of anilines is 2. The zero-order valence-corrected chi connectivity index (χ0v) is 21.4. The van der Waals surface area contributed by atoms with E-state index in [4.69, 9.17) is 20.4 Å². The van der Waals surface area contributed by atoms with E-state index in [2.05, 4.69) is 25.8 Å². The van der Waals surface area contributed by atoms with Crippen LogP contribution in [-0.2, 0) is 21.5 Å². The van der Waals surface area contributed by atoms with Crippen molar-refractivity contribution in [2.45, 2.75) is 6.54 Å². The van der Waals surface area contributed by atoms with Crippen LogP contribution < -0.4 is 10.6 Å². The minimum absolute atomic E-state index is 0.208. The third-order valence-electron chi connectivity index (χ3n) is 6.14. The van der Waals surface area contributed by atoms with Crippen LogP contribution in [0.5, 0.6) is 0 Å². The maximum Gasteiger partial charge on any atom is 0.281 e. The summed E-state index contributed by atoms with van der Waals surface area (Å²) in [5.74, 6) is 1.66. The highest BCUT2D eigenvalue weighted by Crippen LogP contribution is 2.35. The van der Waals surface area contributed by atoms with Gasteiger partial charge in [0.25, 0.3) is 10.2 Å². The first-order valence-corrected chi connectivity index (χ1v) is 13.6. The fourth-order valence-electron chi connectivity index (χ4n) is 4.18. The van der Waals surface area contributed by atoms with Crippen molar-refractivity contribution in [2.75, 3.05) is 77.2 Å². The van der Waals surface area contributed by atoms with Gasteiger partial charge < -0.3 is 15.4 Å². The third-order valence-corrected chi connectivity index (χ3v) is 9.19. The Balaban J connectivity index is 1.41. The maximum atomic E-state index is 12.4. The summed E-state index contributed by atoms with van der Waals surface area (Å²) in [5, 5.41) is 0. The van der Waals surface area contributed by atoms with Gasteiger partial charge in [-0.1, -0.05) is 0 Å². The van der Waals surface area contributed by atoms with E-state index < -0.39 is 10.2 Å². The van der Waals surface area contributed by atoms with Crippen LogP contribution in [0.25, 0.3) is 21.6 Å². The van der Waals surface area contributed by atoms with E-state index in [9.17, 15) is 8.42 Å². The molecule has 0 unspecified atom stereocenters. The summed E-state index contributed by atoms with van der Waals surface area (Å²) in [6.45, 7) is 5.89. The largest absolute Gasteiger partial charge is 0.378 e. The number of nitrogens with zero attached hydrogens (tertiary/aromatic N) is 8. The molecule has 2 aliphatic heterocycles. The molecule has 0 amide bonds.